The van der Waals surface area contributed by atoms with Crippen LogP contribution >= 0.6 is 0 Å². The molecule has 0 aromatic heterocycles. The van der Waals surface area contributed by atoms with Crippen LogP contribution in [-0.4, -0.2) is 42.1 Å². The van der Waals surface area contributed by atoms with Crippen LogP contribution in [-0.2, 0) is 19.1 Å². The van der Waals surface area contributed by atoms with Gasteiger partial charge in [0.25, 0.3) is 0 Å². The molecule has 0 spiro atoms. The Morgan fingerprint density at radius 2 is 2.00 bits per heavy atom. The summed E-state index contributed by atoms with van der Waals surface area (Å²) in [7, 11) is 0. The van der Waals surface area contributed by atoms with Gasteiger partial charge in [0.1, 0.15) is 6.10 Å². The topological polar surface area (TPSA) is 55.8 Å². The highest BCUT2D eigenvalue weighted by Crippen LogP contribution is 2.30. The molecular formula is C16H21NO4. The van der Waals surface area contributed by atoms with E-state index >= 15 is 0 Å². The third kappa shape index (κ3) is 3.42. The average molecular weight is 291 g/mol. The standard InChI is InChI=1S/C16H21NO4/c1-4-20-15(19)14(18)17-10-13(21-11-16(17,2)3)12-8-6-5-7-9-12/h5-9,13H,4,10-11H2,1-3H3. The third-order valence-electron chi connectivity index (χ3n) is 3.58. The van der Waals surface area contributed by atoms with Crippen LogP contribution in [0.25, 0.3) is 0 Å². The van der Waals surface area contributed by atoms with Crippen molar-refractivity contribution in [1.29, 1.82) is 0 Å². The Morgan fingerprint density at radius 1 is 1.33 bits per heavy atom. The number of nitrogens with zero attached hydrogens (tertiary/aromatic N) is 1. The van der Waals surface area contributed by atoms with Gasteiger partial charge in [0.15, 0.2) is 0 Å². The highest BCUT2D eigenvalue weighted by molar-refractivity contribution is 6.32. The van der Waals surface area contributed by atoms with Gasteiger partial charge in [-0.05, 0) is 26.3 Å². The van der Waals surface area contributed by atoms with Crippen molar-refractivity contribution in [3.8, 4) is 0 Å². The molecule has 2 rings (SSSR count). The van der Waals surface area contributed by atoms with Gasteiger partial charge in [-0.1, -0.05) is 30.3 Å². The molecular weight excluding hydrogens is 270 g/mol. The number of amides is 1. The lowest BCUT2D eigenvalue weighted by atomic mass is 9.98. The Hall–Kier alpha value is -1.88. The molecule has 1 saturated heterocycles. The van der Waals surface area contributed by atoms with Gasteiger partial charge in [-0.15, -0.1) is 0 Å². The summed E-state index contributed by atoms with van der Waals surface area (Å²) >= 11 is 0. The first-order chi connectivity index (χ1) is 9.95. The number of benzene rings is 1. The van der Waals surface area contributed by atoms with Crippen LogP contribution in [0.2, 0.25) is 0 Å². The van der Waals surface area contributed by atoms with Gasteiger partial charge < -0.3 is 14.4 Å². The first kappa shape index (κ1) is 15.5. The Bertz CT molecular complexity index is 512. The molecule has 5 nitrogen and oxygen atoms in total. The molecule has 114 valence electrons. The van der Waals surface area contributed by atoms with Crippen molar-refractivity contribution >= 4 is 11.9 Å². The number of hydrogen-bond acceptors (Lipinski definition) is 4. The minimum atomic E-state index is -0.806. The van der Waals surface area contributed by atoms with E-state index in [0.717, 1.165) is 5.56 Å². The summed E-state index contributed by atoms with van der Waals surface area (Å²) in [6.45, 7) is 6.35. The van der Waals surface area contributed by atoms with Crippen LogP contribution in [0.5, 0.6) is 0 Å². The van der Waals surface area contributed by atoms with Gasteiger partial charge >= 0.3 is 11.9 Å². The second-order valence-electron chi connectivity index (χ2n) is 5.66. The van der Waals surface area contributed by atoms with Crippen molar-refractivity contribution < 1.29 is 19.1 Å². The van der Waals surface area contributed by atoms with Crippen molar-refractivity contribution in [3.63, 3.8) is 0 Å². The molecule has 0 saturated carbocycles. The summed E-state index contributed by atoms with van der Waals surface area (Å²) in [5, 5.41) is 0. The molecule has 1 aliphatic rings. The Morgan fingerprint density at radius 3 is 2.62 bits per heavy atom. The first-order valence-corrected chi connectivity index (χ1v) is 7.11. The van der Waals surface area contributed by atoms with Crippen LogP contribution in [0, 0.1) is 0 Å². The van der Waals surface area contributed by atoms with Crippen molar-refractivity contribution in [3.05, 3.63) is 35.9 Å². The second kappa shape index (κ2) is 6.26. The molecule has 0 bridgehead atoms. The predicted molar refractivity (Wildman–Crippen MR) is 77.6 cm³/mol. The highest BCUT2D eigenvalue weighted by atomic mass is 16.5. The molecule has 21 heavy (non-hydrogen) atoms. The zero-order valence-corrected chi connectivity index (χ0v) is 12.7. The lowest BCUT2D eigenvalue weighted by molar-refractivity contribution is -0.172. The van der Waals surface area contributed by atoms with Gasteiger partial charge in [-0.25, -0.2) is 4.79 Å². The molecule has 1 aromatic carbocycles. The average Bonchev–Trinajstić information content (AvgIpc) is 2.47. The van der Waals surface area contributed by atoms with Crippen molar-refractivity contribution in [2.24, 2.45) is 0 Å². The lowest BCUT2D eigenvalue weighted by Crippen LogP contribution is -2.58. The molecule has 0 radical (unpaired) electrons. The van der Waals surface area contributed by atoms with E-state index in [1.165, 1.54) is 0 Å². The maximum atomic E-state index is 12.3. The minimum Gasteiger partial charge on any atom is -0.459 e. The van der Waals surface area contributed by atoms with Crippen molar-refractivity contribution in [2.75, 3.05) is 19.8 Å². The fourth-order valence-electron chi connectivity index (χ4n) is 2.38. The van der Waals surface area contributed by atoms with Crippen molar-refractivity contribution in [1.82, 2.24) is 4.90 Å². The van der Waals surface area contributed by atoms with Crippen LogP contribution in [0.4, 0.5) is 0 Å². The molecule has 1 amide bonds. The van der Waals surface area contributed by atoms with Crippen molar-refractivity contribution in [2.45, 2.75) is 32.4 Å². The van der Waals surface area contributed by atoms with E-state index in [1.807, 2.05) is 44.2 Å². The quantitative estimate of drug-likeness (QED) is 0.617. The largest absolute Gasteiger partial charge is 0.459 e. The van der Waals surface area contributed by atoms with Gasteiger partial charge in [0, 0.05) is 0 Å². The molecule has 0 N–H and O–H groups in total. The smallest absolute Gasteiger partial charge is 0.397 e. The van der Waals surface area contributed by atoms with Gasteiger partial charge in [0.2, 0.25) is 0 Å². The number of carbonyl (C=O) groups excluding carboxylic acids is 2. The molecule has 1 aliphatic heterocycles. The third-order valence-corrected chi connectivity index (χ3v) is 3.58. The van der Waals surface area contributed by atoms with Crippen LogP contribution in [0.15, 0.2) is 30.3 Å². The van der Waals surface area contributed by atoms with Crippen LogP contribution in [0.1, 0.15) is 32.4 Å². The van der Waals surface area contributed by atoms with E-state index in [-0.39, 0.29) is 12.7 Å². The van der Waals surface area contributed by atoms with E-state index in [1.54, 1.807) is 11.8 Å². The number of hydrogen-bond donors (Lipinski definition) is 0. The predicted octanol–water partition coefficient (Wildman–Crippen LogP) is 1.93. The maximum absolute atomic E-state index is 12.3. The Kier molecular flexibility index (Phi) is 4.63. The zero-order chi connectivity index (χ0) is 15.5. The summed E-state index contributed by atoms with van der Waals surface area (Å²) in [6.07, 6.45) is -0.224. The number of carbonyl (C=O) groups is 2. The molecule has 5 heteroatoms. The monoisotopic (exact) mass is 291 g/mol. The lowest BCUT2D eigenvalue weighted by Gasteiger charge is -2.44. The molecule has 1 aromatic rings. The molecule has 1 fully saturated rings. The molecule has 1 unspecified atom stereocenters. The van der Waals surface area contributed by atoms with Gasteiger partial charge in [-0.2, -0.15) is 0 Å². The molecule has 0 aliphatic carbocycles. The normalized spacial score (nSPS) is 20.9. The number of esters is 1. The van der Waals surface area contributed by atoms with E-state index in [0.29, 0.717) is 13.2 Å². The highest BCUT2D eigenvalue weighted by Gasteiger charge is 2.41. The summed E-state index contributed by atoms with van der Waals surface area (Å²) in [5.74, 6) is -1.41. The summed E-state index contributed by atoms with van der Waals surface area (Å²) in [4.78, 5) is 25.5. The van der Waals surface area contributed by atoms with E-state index in [2.05, 4.69) is 0 Å². The summed E-state index contributed by atoms with van der Waals surface area (Å²) < 4.78 is 10.7. The second-order valence-corrected chi connectivity index (χ2v) is 5.66. The Balaban J connectivity index is 2.17. The molecule has 1 atom stereocenters. The number of rotatable bonds is 2. The summed E-state index contributed by atoms with van der Waals surface area (Å²) in [6, 6.07) is 9.69. The fourth-order valence-corrected chi connectivity index (χ4v) is 2.38. The van der Waals surface area contributed by atoms with E-state index in [9.17, 15) is 9.59 Å². The van der Waals surface area contributed by atoms with E-state index in [4.69, 9.17) is 9.47 Å². The fraction of sp³-hybridized carbons (Fsp3) is 0.500. The van der Waals surface area contributed by atoms with Gasteiger partial charge in [0.05, 0.1) is 25.3 Å². The zero-order valence-electron chi connectivity index (χ0n) is 12.7. The maximum Gasteiger partial charge on any atom is 0.397 e. The van der Waals surface area contributed by atoms with E-state index < -0.39 is 17.4 Å². The number of morpholine rings is 1. The number of ether oxygens (including phenoxy) is 2. The molecule has 1 heterocycles. The minimum absolute atomic E-state index is 0.192. The van der Waals surface area contributed by atoms with Crippen LogP contribution in [0.3, 0.4) is 0 Å². The van der Waals surface area contributed by atoms with Gasteiger partial charge in [-0.3, -0.25) is 4.79 Å². The first-order valence-electron chi connectivity index (χ1n) is 7.11. The SMILES string of the molecule is CCOC(=O)C(=O)N1CC(c2ccccc2)OCC1(C)C. The Labute approximate surface area is 124 Å². The van der Waals surface area contributed by atoms with Crippen LogP contribution < -0.4 is 0 Å². The summed E-state index contributed by atoms with van der Waals surface area (Å²) in [5.41, 5.74) is 0.462.